The van der Waals surface area contributed by atoms with Crippen LogP contribution in [0, 0.1) is 0 Å². The fourth-order valence-electron chi connectivity index (χ4n) is 2.86. The van der Waals surface area contributed by atoms with Crippen molar-refractivity contribution in [1.29, 1.82) is 0 Å². The van der Waals surface area contributed by atoms with Gasteiger partial charge in [0.15, 0.2) is 0 Å². The standard InChI is InChI=1S/C19H19Cl2NO4/c1-24-14-7-13(8-15(10-14)25-2)19(23)22-5-6-26-18(11-22)12-3-4-16(20)17(21)9-12/h3-4,7-10,18H,5-6,11H2,1-2H3. The van der Waals surface area contributed by atoms with E-state index in [0.717, 1.165) is 5.56 Å². The average Bonchev–Trinajstić information content (AvgIpc) is 2.69. The Kier molecular flexibility index (Phi) is 5.91. The first-order chi connectivity index (χ1) is 12.5. The van der Waals surface area contributed by atoms with E-state index >= 15 is 0 Å². The zero-order valence-electron chi connectivity index (χ0n) is 14.5. The van der Waals surface area contributed by atoms with E-state index in [1.165, 1.54) is 0 Å². The molecule has 1 aliphatic rings. The van der Waals surface area contributed by atoms with Gasteiger partial charge in [0.25, 0.3) is 5.91 Å². The second kappa shape index (κ2) is 8.16. The molecule has 1 aliphatic heterocycles. The van der Waals surface area contributed by atoms with Crippen LogP contribution in [0.2, 0.25) is 10.0 Å². The molecule has 1 amide bonds. The molecule has 1 fully saturated rings. The third kappa shape index (κ3) is 4.06. The van der Waals surface area contributed by atoms with Crippen LogP contribution in [0.15, 0.2) is 36.4 Å². The molecule has 5 nitrogen and oxygen atoms in total. The summed E-state index contributed by atoms with van der Waals surface area (Å²) in [6, 6.07) is 10.5. The number of nitrogens with zero attached hydrogens (tertiary/aromatic N) is 1. The Bertz CT molecular complexity index is 790. The predicted octanol–water partition coefficient (Wildman–Crippen LogP) is 4.22. The summed E-state index contributed by atoms with van der Waals surface area (Å²) in [5.41, 5.74) is 1.40. The van der Waals surface area contributed by atoms with E-state index in [0.29, 0.717) is 46.8 Å². The van der Waals surface area contributed by atoms with Crippen LogP contribution in [0.4, 0.5) is 0 Å². The third-order valence-electron chi connectivity index (χ3n) is 4.27. The number of benzene rings is 2. The topological polar surface area (TPSA) is 48.0 Å². The number of morpholine rings is 1. The molecule has 0 spiro atoms. The van der Waals surface area contributed by atoms with Crippen molar-refractivity contribution in [2.75, 3.05) is 33.9 Å². The first-order valence-corrected chi connectivity index (χ1v) is 8.86. The lowest BCUT2D eigenvalue weighted by Gasteiger charge is -2.33. The van der Waals surface area contributed by atoms with E-state index in [1.807, 2.05) is 6.07 Å². The van der Waals surface area contributed by atoms with Gasteiger partial charge in [-0.25, -0.2) is 0 Å². The number of halogens is 2. The van der Waals surface area contributed by atoms with Crippen molar-refractivity contribution in [2.24, 2.45) is 0 Å². The minimum atomic E-state index is -0.255. The molecule has 2 aromatic carbocycles. The van der Waals surface area contributed by atoms with Crippen LogP contribution >= 0.6 is 23.2 Å². The Morgan fingerprint density at radius 3 is 2.38 bits per heavy atom. The van der Waals surface area contributed by atoms with E-state index in [2.05, 4.69) is 0 Å². The lowest BCUT2D eigenvalue weighted by Crippen LogP contribution is -2.42. The monoisotopic (exact) mass is 395 g/mol. The molecule has 0 N–H and O–H groups in total. The summed E-state index contributed by atoms with van der Waals surface area (Å²) < 4.78 is 16.3. The fraction of sp³-hybridized carbons (Fsp3) is 0.316. The molecule has 0 radical (unpaired) electrons. The summed E-state index contributed by atoms with van der Waals surface area (Å²) in [4.78, 5) is 14.7. The van der Waals surface area contributed by atoms with Crippen molar-refractivity contribution in [1.82, 2.24) is 4.90 Å². The van der Waals surface area contributed by atoms with Gasteiger partial charge in [-0.15, -0.1) is 0 Å². The maximum absolute atomic E-state index is 12.9. The van der Waals surface area contributed by atoms with Crippen LogP contribution in [0.3, 0.4) is 0 Å². The van der Waals surface area contributed by atoms with Gasteiger partial charge in [-0.05, 0) is 29.8 Å². The second-order valence-corrected chi connectivity index (χ2v) is 6.70. The lowest BCUT2D eigenvalue weighted by molar-refractivity contribution is -0.0228. The number of carbonyl (C=O) groups is 1. The third-order valence-corrected chi connectivity index (χ3v) is 5.01. The number of rotatable bonds is 4. The maximum atomic E-state index is 12.9. The van der Waals surface area contributed by atoms with Gasteiger partial charge in [-0.3, -0.25) is 4.79 Å². The summed E-state index contributed by atoms with van der Waals surface area (Å²) in [6.45, 7) is 1.38. The Balaban J connectivity index is 1.80. The van der Waals surface area contributed by atoms with Crippen molar-refractivity contribution in [3.63, 3.8) is 0 Å². The molecule has 7 heteroatoms. The fourth-order valence-corrected chi connectivity index (χ4v) is 3.17. The van der Waals surface area contributed by atoms with Gasteiger partial charge in [0.05, 0.1) is 37.4 Å². The Labute approximate surface area is 162 Å². The highest BCUT2D eigenvalue weighted by atomic mass is 35.5. The SMILES string of the molecule is COc1cc(OC)cc(C(=O)N2CCOC(c3ccc(Cl)c(Cl)c3)C2)c1. The Morgan fingerprint density at radius 2 is 1.77 bits per heavy atom. The highest BCUT2D eigenvalue weighted by molar-refractivity contribution is 6.42. The van der Waals surface area contributed by atoms with Crippen LogP contribution < -0.4 is 9.47 Å². The number of methoxy groups -OCH3 is 2. The Morgan fingerprint density at radius 1 is 1.08 bits per heavy atom. The van der Waals surface area contributed by atoms with Gasteiger partial charge < -0.3 is 19.1 Å². The van der Waals surface area contributed by atoms with Crippen LogP contribution in [0.5, 0.6) is 11.5 Å². The number of hydrogen-bond donors (Lipinski definition) is 0. The molecule has 0 bridgehead atoms. The molecule has 1 heterocycles. The molecule has 0 aromatic heterocycles. The van der Waals surface area contributed by atoms with E-state index < -0.39 is 0 Å². The minimum absolute atomic E-state index is 0.101. The molecule has 26 heavy (non-hydrogen) atoms. The first kappa shape index (κ1) is 18.8. The molecule has 1 saturated heterocycles. The van der Waals surface area contributed by atoms with Gasteiger partial charge in [0, 0.05) is 18.2 Å². The molecule has 3 rings (SSSR count). The summed E-state index contributed by atoms with van der Waals surface area (Å²) in [5, 5.41) is 0.955. The Hall–Kier alpha value is -1.95. The van der Waals surface area contributed by atoms with Crippen LogP contribution in [-0.4, -0.2) is 44.7 Å². The highest BCUT2D eigenvalue weighted by Crippen LogP contribution is 2.30. The van der Waals surface area contributed by atoms with Crippen molar-refractivity contribution in [3.05, 3.63) is 57.6 Å². The highest BCUT2D eigenvalue weighted by Gasteiger charge is 2.27. The smallest absolute Gasteiger partial charge is 0.254 e. The van der Waals surface area contributed by atoms with Gasteiger partial charge in [0.1, 0.15) is 17.6 Å². The lowest BCUT2D eigenvalue weighted by atomic mass is 10.1. The summed E-state index contributed by atoms with van der Waals surface area (Å²) in [5.74, 6) is 1.04. The molecular formula is C19H19Cl2NO4. The zero-order chi connectivity index (χ0) is 18.7. The summed E-state index contributed by atoms with van der Waals surface area (Å²) >= 11 is 12.1. The van der Waals surface area contributed by atoms with Crippen LogP contribution in [-0.2, 0) is 4.74 Å². The zero-order valence-corrected chi connectivity index (χ0v) is 16.0. The minimum Gasteiger partial charge on any atom is -0.497 e. The van der Waals surface area contributed by atoms with Crippen molar-refractivity contribution < 1.29 is 19.0 Å². The van der Waals surface area contributed by atoms with Gasteiger partial charge in [-0.2, -0.15) is 0 Å². The predicted molar refractivity (Wildman–Crippen MR) is 101 cm³/mol. The molecule has 1 atom stereocenters. The molecular weight excluding hydrogens is 377 g/mol. The van der Waals surface area contributed by atoms with Crippen molar-refractivity contribution >= 4 is 29.1 Å². The van der Waals surface area contributed by atoms with Gasteiger partial charge in [-0.1, -0.05) is 29.3 Å². The quantitative estimate of drug-likeness (QED) is 0.777. The molecule has 2 aromatic rings. The number of amides is 1. The van der Waals surface area contributed by atoms with Gasteiger partial charge in [0.2, 0.25) is 0 Å². The van der Waals surface area contributed by atoms with E-state index in [1.54, 1.807) is 49.5 Å². The average molecular weight is 396 g/mol. The molecule has 1 unspecified atom stereocenters. The number of hydrogen-bond acceptors (Lipinski definition) is 4. The second-order valence-electron chi connectivity index (χ2n) is 5.89. The number of carbonyl (C=O) groups excluding carboxylic acids is 1. The van der Waals surface area contributed by atoms with E-state index in [-0.39, 0.29) is 12.0 Å². The van der Waals surface area contributed by atoms with Crippen LogP contribution in [0.1, 0.15) is 22.0 Å². The van der Waals surface area contributed by atoms with Crippen molar-refractivity contribution in [2.45, 2.75) is 6.10 Å². The molecule has 0 aliphatic carbocycles. The van der Waals surface area contributed by atoms with E-state index in [9.17, 15) is 4.79 Å². The number of ether oxygens (including phenoxy) is 3. The maximum Gasteiger partial charge on any atom is 0.254 e. The normalized spacial score (nSPS) is 17.1. The summed E-state index contributed by atoms with van der Waals surface area (Å²) in [6.07, 6.45) is -0.255. The first-order valence-electron chi connectivity index (χ1n) is 8.10. The van der Waals surface area contributed by atoms with Crippen molar-refractivity contribution in [3.8, 4) is 11.5 Å². The molecule has 138 valence electrons. The molecule has 0 saturated carbocycles. The van der Waals surface area contributed by atoms with Crippen LogP contribution in [0.25, 0.3) is 0 Å². The van der Waals surface area contributed by atoms with E-state index in [4.69, 9.17) is 37.4 Å². The largest absolute Gasteiger partial charge is 0.497 e. The summed E-state index contributed by atoms with van der Waals surface area (Å²) in [7, 11) is 3.11. The van der Waals surface area contributed by atoms with Gasteiger partial charge >= 0.3 is 0 Å².